The number of aromatic nitrogens is 2. The van der Waals surface area contributed by atoms with Crippen molar-refractivity contribution in [2.45, 2.75) is 39.5 Å². The van der Waals surface area contributed by atoms with Crippen molar-refractivity contribution in [1.29, 1.82) is 0 Å². The van der Waals surface area contributed by atoms with Crippen molar-refractivity contribution in [1.82, 2.24) is 9.13 Å². The van der Waals surface area contributed by atoms with E-state index in [1.165, 1.54) is 43.7 Å². The number of fused-ring (bicyclic) bond motifs is 15. The summed E-state index contributed by atoms with van der Waals surface area (Å²) in [7, 11) is 0. The molecule has 0 N–H and O–H groups in total. The van der Waals surface area contributed by atoms with E-state index in [1.807, 2.05) is 0 Å². The Bertz CT molecular complexity index is 5190. The molecule has 0 aliphatic rings. The van der Waals surface area contributed by atoms with Crippen LogP contribution < -0.4 is 9.80 Å². The van der Waals surface area contributed by atoms with Gasteiger partial charge in [-0.1, -0.05) is 149 Å². The van der Waals surface area contributed by atoms with Crippen molar-refractivity contribution in [2.24, 2.45) is 0 Å². The zero-order valence-corrected chi connectivity index (χ0v) is 48.2. The SMILES string of the molecule is CC(C)c1ccc(N(c2ccc3cc4c(cc3c2)oc2c4ccc3c4cc5ccc(N(c6ccc(C(C)C)cc6)c6cccc7c6c6ccccc6n7-c6ccccc6)cc5cc4oc32)c2cccc3c2c2ccccc2n3-c2ccccc2)cc1. The van der Waals surface area contributed by atoms with Gasteiger partial charge in [-0.3, -0.25) is 0 Å². The lowest BCUT2D eigenvalue weighted by Crippen LogP contribution is -2.10. The first-order chi connectivity index (χ1) is 42.3. The molecule has 0 radical (unpaired) electrons. The van der Waals surface area contributed by atoms with Crippen molar-refractivity contribution in [2.75, 3.05) is 9.80 Å². The highest BCUT2D eigenvalue weighted by Crippen LogP contribution is 2.48. The Balaban J connectivity index is 0.796. The van der Waals surface area contributed by atoms with Gasteiger partial charge in [-0.05, 0) is 190 Å². The van der Waals surface area contributed by atoms with E-state index in [0.29, 0.717) is 11.8 Å². The van der Waals surface area contributed by atoms with Gasteiger partial charge < -0.3 is 27.8 Å². The molecule has 0 aliphatic carbocycles. The van der Waals surface area contributed by atoms with E-state index >= 15 is 0 Å². The second kappa shape index (κ2) is 19.4. The minimum absolute atomic E-state index is 0.412. The first-order valence-corrected chi connectivity index (χ1v) is 29.9. The molecule has 0 saturated heterocycles. The van der Waals surface area contributed by atoms with Crippen LogP contribution >= 0.6 is 0 Å². The summed E-state index contributed by atoms with van der Waals surface area (Å²) in [5, 5.41) is 13.4. The molecule has 0 atom stereocenters. The van der Waals surface area contributed by atoms with Gasteiger partial charge in [-0.25, -0.2) is 0 Å². The fourth-order valence-electron chi connectivity index (χ4n) is 13.8. The average molecular weight is 1110 g/mol. The van der Waals surface area contributed by atoms with Gasteiger partial charge in [-0.2, -0.15) is 0 Å². The summed E-state index contributed by atoms with van der Waals surface area (Å²) >= 11 is 0. The van der Waals surface area contributed by atoms with E-state index < -0.39 is 0 Å². The molecular formula is C80H58N4O2. The maximum Gasteiger partial charge on any atom is 0.178 e. The molecule has 410 valence electrons. The summed E-state index contributed by atoms with van der Waals surface area (Å²) in [4.78, 5) is 4.85. The molecule has 0 saturated carbocycles. The first-order valence-electron chi connectivity index (χ1n) is 29.9. The molecule has 6 nitrogen and oxygen atoms in total. The average Bonchev–Trinajstić information content (AvgIpc) is 2.07. The number of para-hydroxylation sites is 4. The van der Waals surface area contributed by atoms with E-state index in [1.54, 1.807) is 0 Å². The van der Waals surface area contributed by atoms with Crippen molar-refractivity contribution in [3.8, 4) is 11.4 Å². The molecule has 0 amide bonds. The van der Waals surface area contributed by atoms with Gasteiger partial charge in [0.1, 0.15) is 11.2 Å². The Hall–Kier alpha value is -10.8. The number of furan rings is 2. The molecule has 0 spiro atoms. The van der Waals surface area contributed by atoms with Crippen molar-refractivity contribution < 1.29 is 8.83 Å². The predicted octanol–water partition coefficient (Wildman–Crippen LogP) is 23.2. The fraction of sp³-hybridized carbons (Fsp3) is 0.0750. The topological polar surface area (TPSA) is 42.6 Å². The minimum atomic E-state index is 0.412. The van der Waals surface area contributed by atoms with Crippen LogP contribution in [-0.2, 0) is 0 Å². The van der Waals surface area contributed by atoms with E-state index in [4.69, 9.17) is 8.83 Å². The first kappa shape index (κ1) is 49.8. The van der Waals surface area contributed by atoms with Crippen LogP contribution in [0.4, 0.5) is 34.1 Å². The molecule has 0 fully saturated rings. The smallest absolute Gasteiger partial charge is 0.178 e. The minimum Gasteiger partial charge on any atom is -0.452 e. The second-order valence-corrected chi connectivity index (χ2v) is 23.7. The Morgan fingerprint density at radius 2 is 0.674 bits per heavy atom. The Labute approximate surface area is 497 Å². The number of rotatable bonds is 10. The van der Waals surface area contributed by atoms with Gasteiger partial charge >= 0.3 is 0 Å². The van der Waals surface area contributed by atoms with Crippen LogP contribution in [0.15, 0.2) is 276 Å². The lowest BCUT2D eigenvalue weighted by molar-refractivity contribution is 0.634. The molecule has 0 unspecified atom stereocenters. The lowest BCUT2D eigenvalue weighted by Gasteiger charge is -2.27. The van der Waals surface area contributed by atoms with Gasteiger partial charge in [0.25, 0.3) is 0 Å². The van der Waals surface area contributed by atoms with Crippen LogP contribution in [0.1, 0.15) is 50.7 Å². The second-order valence-electron chi connectivity index (χ2n) is 23.7. The van der Waals surface area contributed by atoms with Crippen molar-refractivity contribution >= 4 is 143 Å². The van der Waals surface area contributed by atoms with Crippen LogP contribution in [0.5, 0.6) is 0 Å². The van der Waals surface area contributed by atoms with Crippen LogP contribution in [0.25, 0.3) is 120 Å². The van der Waals surface area contributed by atoms with Crippen LogP contribution in [-0.4, -0.2) is 9.13 Å². The maximum atomic E-state index is 7.01. The molecule has 6 heteroatoms. The third kappa shape index (κ3) is 7.72. The number of hydrogen-bond acceptors (Lipinski definition) is 4. The maximum absolute atomic E-state index is 7.01. The van der Waals surface area contributed by atoms with Crippen molar-refractivity contribution in [3.63, 3.8) is 0 Å². The summed E-state index contributed by atoms with van der Waals surface area (Å²) in [5.41, 5.74) is 19.2. The standard InChI is InChI=1S/C80H58N4O2/c1-49(2)51-29-35-59(36-30-51)81(71-25-15-27-73-77(71)65-21-11-13-23-69(65)83(73)57-17-7-5-8-18-57)61-39-33-53-45-67-63-41-42-64-68-46-54-34-40-62(44-56(54)48-76(68)86-80(64)79(63)85-75(67)47-55(53)43-61)82(60-37-31-52(32-38-60)50(3)4)72-26-16-28-74-78(72)66-22-12-14-24-70(66)84(74)58-19-9-6-10-20-58/h5-50H,1-4H3. The summed E-state index contributed by atoms with van der Waals surface area (Å²) < 4.78 is 18.8. The highest BCUT2D eigenvalue weighted by Gasteiger charge is 2.25. The molecule has 0 bridgehead atoms. The van der Waals surface area contributed by atoms with Crippen LogP contribution in [0.2, 0.25) is 0 Å². The van der Waals surface area contributed by atoms with E-state index in [0.717, 1.165) is 122 Å². The highest BCUT2D eigenvalue weighted by atomic mass is 16.4. The van der Waals surface area contributed by atoms with Gasteiger partial charge in [0, 0.05) is 77.2 Å². The van der Waals surface area contributed by atoms with Gasteiger partial charge in [0.05, 0.1) is 33.4 Å². The van der Waals surface area contributed by atoms with Gasteiger partial charge in [0.2, 0.25) is 0 Å². The molecule has 13 aromatic carbocycles. The Morgan fingerprint density at radius 1 is 0.291 bits per heavy atom. The lowest BCUT2D eigenvalue weighted by atomic mass is 10.0. The van der Waals surface area contributed by atoms with E-state index in [-0.39, 0.29) is 0 Å². The Kier molecular flexibility index (Phi) is 11.2. The number of anilines is 6. The van der Waals surface area contributed by atoms with Crippen LogP contribution in [0, 0.1) is 0 Å². The Morgan fingerprint density at radius 3 is 1.09 bits per heavy atom. The highest BCUT2D eigenvalue weighted by molar-refractivity contribution is 6.23. The number of nitrogens with zero attached hydrogens (tertiary/aromatic N) is 4. The molecular weight excluding hydrogens is 1050 g/mol. The largest absolute Gasteiger partial charge is 0.452 e. The zero-order chi connectivity index (χ0) is 57.3. The van der Waals surface area contributed by atoms with E-state index in [2.05, 4.69) is 314 Å². The third-order valence-corrected chi connectivity index (χ3v) is 18.0. The number of benzene rings is 13. The summed E-state index contributed by atoms with van der Waals surface area (Å²) in [6.07, 6.45) is 0. The summed E-state index contributed by atoms with van der Waals surface area (Å²) in [6.45, 7) is 9.00. The summed E-state index contributed by atoms with van der Waals surface area (Å²) in [5.74, 6) is 0.824. The predicted molar refractivity (Wildman–Crippen MR) is 362 cm³/mol. The monoisotopic (exact) mass is 1110 g/mol. The molecule has 86 heavy (non-hydrogen) atoms. The molecule has 4 aromatic heterocycles. The normalized spacial score (nSPS) is 12.2. The van der Waals surface area contributed by atoms with Gasteiger partial charge in [-0.15, -0.1) is 0 Å². The van der Waals surface area contributed by atoms with Crippen LogP contribution in [0.3, 0.4) is 0 Å². The molecule has 17 aromatic rings. The fourth-order valence-corrected chi connectivity index (χ4v) is 13.8. The quantitative estimate of drug-likeness (QED) is 0.137. The molecule has 4 heterocycles. The molecule has 0 aliphatic heterocycles. The van der Waals surface area contributed by atoms with Crippen molar-refractivity contribution in [3.05, 3.63) is 278 Å². The zero-order valence-electron chi connectivity index (χ0n) is 48.2. The third-order valence-electron chi connectivity index (χ3n) is 18.0. The van der Waals surface area contributed by atoms with E-state index in [9.17, 15) is 0 Å². The summed E-state index contributed by atoms with van der Waals surface area (Å²) in [6, 6.07) is 97.6. The molecule has 17 rings (SSSR count). The number of hydrogen-bond donors (Lipinski definition) is 0. The van der Waals surface area contributed by atoms with Gasteiger partial charge in [0.15, 0.2) is 11.2 Å².